The van der Waals surface area contributed by atoms with E-state index in [0.29, 0.717) is 5.75 Å². The van der Waals surface area contributed by atoms with Crippen LogP contribution in [-0.4, -0.2) is 33.0 Å². The van der Waals surface area contributed by atoms with Crippen LogP contribution in [0.5, 0.6) is 0 Å². The van der Waals surface area contributed by atoms with Gasteiger partial charge in [-0.2, -0.15) is 0 Å². The first-order valence-electron chi connectivity index (χ1n) is 5.37. The van der Waals surface area contributed by atoms with Crippen molar-refractivity contribution in [2.45, 2.75) is 17.6 Å². The Morgan fingerprint density at radius 3 is 2.88 bits per heavy atom. The summed E-state index contributed by atoms with van der Waals surface area (Å²) >= 11 is 1.50. The fraction of sp³-hybridized carbons (Fsp3) is 0.333. The van der Waals surface area contributed by atoms with Gasteiger partial charge in [-0.25, -0.2) is 9.97 Å². The molecule has 0 bridgehead atoms. The summed E-state index contributed by atoms with van der Waals surface area (Å²) in [5, 5.41) is 11.8. The number of rotatable bonds is 4. The van der Waals surface area contributed by atoms with Crippen molar-refractivity contribution < 1.29 is 5.11 Å². The lowest BCUT2D eigenvalue weighted by atomic mass is 10.1. The lowest BCUT2D eigenvalue weighted by molar-refractivity contribution is 0.0949. The van der Waals surface area contributed by atoms with Crippen molar-refractivity contribution >= 4 is 22.7 Å². The van der Waals surface area contributed by atoms with Crippen molar-refractivity contribution in [1.82, 2.24) is 9.97 Å². The maximum Gasteiger partial charge on any atom is 0.117 e. The van der Waals surface area contributed by atoms with Gasteiger partial charge in [-0.15, -0.1) is 11.8 Å². The third-order valence-corrected chi connectivity index (χ3v) is 3.83. The van der Waals surface area contributed by atoms with Crippen LogP contribution in [0.4, 0.5) is 0 Å². The Bertz CT molecular complexity index is 511. The van der Waals surface area contributed by atoms with Gasteiger partial charge in [0.05, 0.1) is 11.1 Å². The summed E-state index contributed by atoms with van der Waals surface area (Å²) < 4.78 is 0. The number of nitrogens with zero attached hydrogens (tertiary/aromatic N) is 2. The summed E-state index contributed by atoms with van der Waals surface area (Å²) in [6, 6.07) is 7.83. The Morgan fingerprint density at radius 1 is 1.35 bits per heavy atom. The van der Waals surface area contributed by atoms with Crippen LogP contribution in [0.3, 0.4) is 0 Å². The van der Waals surface area contributed by atoms with Crippen LogP contribution in [0.2, 0.25) is 0 Å². The molecule has 1 unspecified atom stereocenters. The zero-order valence-electron chi connectivity index (χ0n) is 9.63. The summed E-state index contributed by atoms with van der Waals surface area (Å²) in [4.78, 5) is 8.44. The molecule has 0 saturated heterocycles. The van der Waals surface area contributed by atoms with Gasteiger partial charge in [-0.1, -0.05) is 18.2 Å². The average molecular weight is 249 g/mol. The van der Waals surface area contributed by atoms with Gasteiger partial charge in [-0.05, 0) is 13.0 Å². The Balaban J connectivity index is 2.24. The third kappa shape index (κ3) is 2.94. The fourth-order valence-corrected chi connectivity index (χ4v) is 2.39. The number of hydrogen-bond acceptors (Lipinski definition) is 5. The van der Waals surface area contributed by atoms with Crippen molar-refractivity contribution in [3.63, 3.8) is 0 Å². The number of fused-ring (bicyclic) bond motifs is 1. The molecule has 1 aromatic heterocycles. The minimum absolute atomic E-state index is 0.239. The molecule has 2 rings (SSSR count). The van der Waals surface area contributed by atoms with Crippen molar-refractivity contribution in [2.75, 3.05) is 12.3 Å². The van der Waals surface area contributed by atoms with Gasteiger partial charge in [0.15, 0.2) is 0 Å². The molecular weight excluding hydrogens is 234 g/mol. The standard InChI is InChI=1S/C12H15N3OS/c1-12(16,6-13)7-17-11-9-4-2-3-5-10(9)14-8-15-11/h2-5,8,16H,6-7,13H2,1H3. The smallest absolute Gasteiger partial charge is 0.117 e. The van der Waals surface area contributed by atoms with Crippen LogP contribution in [0.15, 0.2) is 35.6 Å². The molecular formula is C12H15N3OS. The molecule has 0 fully saturated rings. The molecule has 0 radical (unpaired) electrons. The summed E-state index contributed by atoms with van der Waals surface area (Å²) in [7, 11) is 0. The zero-order valence-corrected chi connectivity index (χ0v) is 10.4. The predicted octanol–water partition coefficient (Wildman–Crippen LogP) is 1.43. The monoisotopic (exact) mass is 249 g/mol. The predicted molar refractivity (Wildman–Crippen MR) is 69.9 cm³/mol. The Kier molecular flexibility index (Phi) is 3.61. The van der Waals surface area contributed by atoms with E-state index in [4.69, 9.17) is 5.73 Å². The van der Waals surface area contributed by atoms with Gasteiger partial charge < -0.3 is 10.8 Å². The number of hydrogen-bond donors (Lipinski definition) is 2. The Hall–Kier alpha value is -1.17. The average Bonchev–Trinajstić information content (AvgIpc) is 2.36. The van der Waals surface area contributed by atoms with Crippen molar-refractivity contribution in [1.29, 1.82) is 0 Å². The molecule has 3 N–H and O–H groups in total. The Morgan fingerprint density at radius 2 is 2.12 bits per heavy atom. The Labute approximate surface area is 104 Å². The molecule has 1 atom stereocenters. The van der Waals surface area contributed by atoms with Gasteiger partial charge in [0.25, 0.3) is 0 Å². The summed E-state index contributed by atoms with van der Waals surface area (Å²) in [5.74, 6) is 0.518. The normalized spacial score (nSPS) is 14.8. The van der Waals surface area contributed by atoms with E-state index in [1.807, 2.05) is 24.3 Å². The molecule has 2 aromatic rings. The minimum atomic E-state index is -0.864. The number of benzene rings is 1. The molecule has 0 saturated carbocycles. The molecule has 1 aromatic carbocycles. The summed E-state index contributed by atoms with van der Waals surface area (Å²) in [5.41, 5.74) is 5.54. The fourth-order valence-electron chi connectivity index (χ4n) is 1.38. The molecule has 90 valence electrons. The van der Waals surface area contributed by atoms with Crippen LogP contribution in [0, 0.1) is 0 Å². The van der Waals surface area contributed by atoms with E-state index in [9.17, 15) is 5.11 Å². The van der Waals surface area contributed by atoms with Gasteiger partial charge in [-0.3, -0.25) is 0 Å². The molecule has 0 aliphatic heterocycles. The molecule has 0 aliphatic rings. The van der Waals surface area contributed by atoms with Crippen LogP contribution < -0.4 is 5.73 Å². The summed E-state index contributed by atoms with van der Waals surface area (Å²) in [6.45, 7) is 1.96. The van der Waals surface area contributed by atoms with E-state index in [0.717, 1.165) is 15.9 Å². The number of aromatic nitrogens is 2. The molecule has 4 nitrogen and oxygen atoms in total. The van der Waals surface area contributed by atoms with E-state index in [1.165, 1.54) is 11.8 Å². The molecule has 0 spiro atoms. The second-order valence-electron chi connectivity index (χ2n) is 4.19. The minimum Gasteiger partial charge on any atom is -0.388 e. The van der Waals surface area contributed by atoms with Crippen LogP contribution in [0.25, 0.3) is 10.9 Å². The topological polar surface area (TPSA) is 72.0 Å². The molecule has 1 heterocycles. The van der Waals surface area contributed by atoms with Crippen LogP contribution in [0.1, 0.15) is 6.92 Å². The van der Waals surface area contributed by atoms with Gasteiger partial charge in [0.2, 0.25) is 0 Å². The lowest BCUT2D eigenvalue weighted by Crippen LogP contribution is -2.36. The number of aliphatic hydroxyl groups is 1. The molecule has 5 heteroatoms. The summed E-state index contributed by atoms with van der Waals surface area (Å²) in [6.07, 6.45) is 1.54. The molecule has 0 aliphatic carbocycles. The van der Waals surface area contributed by atoms with E-state index < -0.39 is 5.60 Å². The van der Waals surface area contributed by atoms with E-state index in [1.54, 1.807) is 13.3 Å². The molecule has 0 amide bonds. The highest BCUT2D eigenvalue weighted by atomic mass is 32.2. The zero-order chi connectivity index (χ0) is 12.3. The lowest BCUT2D eigenvalue weighted by Gasteiger charge is -2.20. The van der Waals surface area contributed by atoms with E-state index >= 15 is 0 Å². The third-order valence-electron chi connectivity index (χ3n) is 2.47. The maximum absolute atomic E-state index is 9.87. The van der Waals surface area contributed by atoms with Gasteiger partial charge in [0.1, 0.15) is 11.4 Å². The van der Waals surface area contributed by atoms with E-state index in [2.05, 4.69) is 9.97 Å². The van der Waals surface area contributed by atoms with Gasteiger partial charge in [0, 0.05) is 17.7 Å². The maximum atomic E-state index is 9.87. The van der Waals surface area contributed by atoms with Crippen molar-refractivity contribution in [3.8, 4) is 0 Å². The second-order valence-corrected chi connectivity index (χ2v) is 5.15. The first kappa shape index (κ1) is 12.3. The first-order valence-corrected chi connectivity index (χ1v) is 6.36. The van der Waals surface area contributed by atoms with Crippen LogP contribution in [-0.2, 0) is 0 Å². The van der Waals surface area contributed by atoms with E-state index in [-0.39, 0.29) is 6.54 Å². The highest BCUT2D eigenvalue weighted by molar-refractivity contribution is 7.99. The number of para-hydroxylation sites is 1. The second kappa shape index (κ2) is 5.00. The first-order chi connectivity index (χ1) is 8.12. The highest BCUT2D eigenvalue weighted by Crippen LogP contribution is 2.26. The highest BCUT2D eigenvalue weighted by Gasteiger charge is 2.19. The molecule has 17 heavy (non-hydrogen) atoms. The largest absolute Gasteiger partial charge is 0.388 e. The van der Waals surface area contributed by atoms with Crippen LogP contribution >= 0.6 is 11.8 Å². The van der Waals surface area contributed by atoms with Crippen molar-refractivity contribution in [3.05, 3.63) is 30.6 Å². The SMILES string of the molecule is CC(O)(CN)CSc1ncnc2ccccc12. The number of thioether (sulfide) groups is 1. The number of nitrogens with two attached hydrogens (primary N) is 1. The van der Waals surface area contributed by atoms with Gasteiger partial charge >= 0.3 is 0 Å². The quantitative estimate of drug-likeness (QED) is 0.633. The van der Waals surface area contributed by atoms with Crippen molar-refractivity contribution in [2.24, 2.45) is 5.73 Å².